The molecule has 0 saturated heterocycles. The minimum absolute atomic E-state index is 0.406. The Morgan fingerprint density at radius 3 is 2.50 bits per heavy atom. The number of aliphatic hydroxyl groups is 1. The van der Waals surface area contributed by atoms with Crippen molar-refractivity contribution >= 4 is 0 Å². The summed E-state index contributed by atoms with van der Waals surface area (Å²) in [6.07, 6.45) is 0.135. The van der Waals surface area contributed by atoms with Gasteiger partial charge >= 0.3 is 0 Å². The van der Waals surface area contributed by atoms with Crippen LogP contribution in [0.5, 0.6) is 17.2 Å². The zero-order chi connectivity index (χ0) is 11.5. The molecule has 1 atom stereocenters. The number of aliphatic hydroxyl groups excluding tert-OH is 1. The van der Waals surface area contributed by atoms with Crippen molar-refractivity contribution in [3.8, 4) is 17.2 Å². The average Bonchev–Trinajstić information content (AvgIpc) is 2.27. The zero-order valence-electron chi connectivity index (χ0n) is 9.53. The van der Waals surface area contributed by atoms with E-state index < -0.39 is 6.10 Å². The molecule has 0 spiro atoms. The first-order chi connectivity index (χ1) is 7.70. The van der Waals surface area contributed by atoms with E-state index in [0.717, 1.165) is 17.1 Å². The van der Waals surface area contributed by atoms with E-state index in [9.17, 15) is 5.11 Å². The molecule has 0 bridgehead atoms. The van der Waals surface area contributed by atoms with Gasteiger partial charge in [-0.25, -0.2) is 0 Å². The van der Waals surface area contributed by atoms with E-state index in [0.29, 0.717) is 25.4 Å². The molecule has 0 aromatic heterocycles. The van der Waals surface area contributed by atoms with Crippen LogP contribution in [0.4, 0.5) is 0 Å². The van der Waals surface area contributed by atoms with Crippen LogP contribution in [0.1, 0.15) is 12.5 Å². The number of hydrogen-bond donors (Lipinski definition) is 1. The van der Waals surface area contributed by atoms with Gasteiger partial charge in [-0.2, -0.15) is 0 Å². The van der Waals surface area contributed by atoms with Crippen molar-refractivity contribution < 1.29 is 19.3 Å². The molecule has 0 amide bonds. The maximum Gasteiger partial charge on any atom is 0.165 e. The first-order valence-corrected chi connectivity index (χ1v) is 5.35. The van der Waals surface area contributed by atoms with Crippen LogP contribution in [0.3, 0.4) is 0 Å². The lowest BCUT2D eigenvalue weighted by Gasteiger charge is -2.21. The largest absolute Gasteiger partial charge is 0.496 e. The van der Waals surface area contributed by atoms with E-state index in [4.69, 9.17) is 14.2 Å². The molecule has 1 N–H and O–H groups in total. The van der Waals surface area contributed by atoms with Crippen LogP contribution in [0.25, 0.3) is 0 Å². The van der Waals surface area contributed by atoms with Crippen molar-refractivity contribution in [2.75, 3.05) is 20.3 Å². The molecule has 1 aromatic rings. The van der Waals surface area contributed by atoms with Gasteiger partial charge in [0, 0.05) is 18.1 Å². The van der Waals surface area contributed by atoms with Crippen molar-refractivity contribution in [1.82, 2.24) is 0 Å². The van der Waals surface area contributed by atoms with Crippen LogP contribution in [-0.2, 0) is 6.42 Å². The Morgan fingerprint density at radius 2 is 1.94 bits per heavy atom. The summed E-state index contributed by atoms with van der Waals surface area (Å²) in [7, 11) is 1.61. The quantitative estimate of drug-likeness (QED) is 0.842. The molecule has 1 aliphatic heterocycles. The van der Waals surface area contributed by atoms with Crippen molar-refractivity contribution in [3.63, 3.8) is 0 Å². The molecular formula is C12H16O4. The van der Waals surface area contributed by atoms with Gasteiger partial charge in [0.05, 0.1) is 13.2 Å². The molecular weight excluding hydrogens is 208 g/mol. The van der Waals surface area contributed by atoms with Gasteiger partial charge in [0.25, 0.3) is 0 Å². The van der Waals surface area contributed by atoms with Gasteiger partial charge in [-0.3, -0.25) is 0 Å². The van der Waals surface area contributed by atoms with Crippen LogP contribution in [-0.4, -0.2) is 31.5 Å². The summed E-state index contributed by atoms with van der Waals surface area (Å²) in [5, 5.41) is 9.40. The fraction of sp³-hybridized carbons (Fsp3) is 0.500. The molecule has 16 heavy (non-hydrogen) atoms. The lowest BCUT2D eigenvalue weighted by Crippen LogP contribution is -2.16. The van der Waals surface area contributed by atoms with E-state index in [1.54, 1.807) is 14.0 Å². The monoisotopic (exact) mass is 224 g/mol. The Balaban J connectivity index is 2.35. The zero-order valence-corrected chi connectivity index (χ0v) is 9.53. The fourth-order valence-electron chi connectivity index (χ4n) is 1.78. The molecule has 1 aromatic carbocycles. The van der Waals surface area contributed by atoms with E-state index in [1.807, 2.05) is 12.1 Å². The van der Waals surface area contributed by atoms with Crippen molar-refractivity contribution in [1.29, 1.82) is 0 Å². The van der Waals surface area contributed by atoms with Crippen LogP contribution in [0.15, 0.2) is 12.1 Å². The highest BCUT2D eigenvalue weighted by Crippen LogP contribution is 2.37. The Labute approximate surface area is 94.8 Å². The van der Waals surface area contributed by atoms with E-state index >= 15 is 0 Å². The lowest BCUT2D eigenvalue weighted by atomic mass is 10.1. The van der Waals surface area contributed by atoms with Gasteiger partial charge in [-0.1, -0.05) is 0 Å². The Hall–Kier alpha value is -1.42. The molecule has 0 aliphatic carbocycles. The van der Waals surface area contributed by atoms with Crippen LogP contribution >= 0.6 is 0 Å². The summed E-state index contributed by atoms with van der Waals surface area (Å²) in [4.78, 5) is 0. The molecule has 1 aliphatic rings. The molecule has 1 unspecified atom stereocenters. The first-order valence-electron chi connectivity index (χ1n) is 5.35. The normalized spacial score (nSPS) is 15.7. The van der Waals surface area contributed by atoms with Crippen LogP contribution in [0, 0.1) is 0 Å². The standard InChI is InChI=1S/C12H16O4/c1-8(13)5-9-6-11-12(7-10(9)14-2)16-4-3-15-11/h6-8,13H,3-5H2,1-2H3. The minimum Gasteiger partial charge on any atom is -0.496 e. The molecule has 2 rings (SSSR count). The van der Waals surface area contributed by atoms with E-state index in [1.165, 1.54) is 0 Å². The van der Waals surface area contributed by atoms with Crippen LogP contribution in [0.2, 0.25) is 0 Å². The van der Waals surface area contributed by atoms with Gasteiger partial charge < -0.3 is 19.3 Å². The highest BCUT2D eigenvalue weighted by atomic mass is 16.6. The minimum atomic E-state index is -0.406. The maximum absolute atomic E-state index is 9.40. The summed E-state index contributed by atoms with van der Waals surface area (Å²) in [6.45, 7) is 2.87. The summed E-state index contributed by atoms with van der Waals surface area (Å²) in [5.74, 6) is 2.16. The molecule has 88 valence electrons. The predicted octanol–water partition coefficient (Wildman–Crippen LogP) is 1.39. The second-order valence-corrected chi connectivity index (χ2v) is 3.86. The molecule has 1 heterocycles. The smallest absolute Gasteiger partial charge is 0.165 e. The summed E-state index contributed by atoms with van der Waals surface area (Å²) >= 11 is 0. The molecule has 0 radical (unpaired) electrons. The third kappa shape index (κ3) is 2.22. The molecule has 0 saturated carbocycles. The number of rotatable bonds is 3. The van der Waals surface area contributed by atoms with E-state index in [2.05, 4.69) is 0 Å². The molecule has 0 fully saturated rings. The van der Waals surface area contributed by atoms with Gasteiger partial charge in [-0.15, -0.1) is 0 Å². The summed E-state index contributed by atoms with van der Waals surface area (Å²) in [6, 6.07) is 3.69. The highest BCUT2D eigenvalue weighted by Gasteiger charge is 2.17. The lowest BCUT2D eigenvalue weighted by molar-refractivity contribution is 0.169. The summed E-state index contributed by atoms with van der Waals surface area (Å²) < 4.78 is 16.2. The van der Waals surface area contributed by atoms with Gasteiger partial charge in [-0.05, 0) is 13.0 Å². The number of hydrogen-bond acceptors (Lipinski definition) is 4. The second kappa shape index (κ2) is 4.61. The van der Waals surface area contributed by atoms with Gasteiger partial charge in [0.2, 0.25) is 0 Å². The number of methoxy groups -OCH3 is 1. The first kappa shape index (κ1) is 11.1. The fourth-order valence-corrected chi connectivity index (χ4v) is 1.78. The van der Waals surface area contributed by atoms with Gasteiger partial charge in [0.1, 0.15) is 19.0 Å². The predicted molar refractivity (Wildman–Crippen MR) is 59.4 cm³/mol. The molecule has 4 heteroatoms. The Morgan fingerprint density at radius 1 is 1.31 bits per heavy atom. The third-order valence-corrected chi connectivity index (χ3v) is 2.46. The molecule has 4 nitrogen and oxygen atoms in total. The summed E-state index contributed by atoms with van der Waals surface area (Å²) in [5.41, 5.74) is 0.932. The van der Waals surface area contributed by atoms with E-state index in [-0.39, 0.29) is 0 Å². The number of ether oxygens (including phenoxy) is 3. The SMILES string of the molecule is COc1cc2c(cc1CC(C)O)OCCO2. The maximum atomic E-state index is 9.40. The third-order valence-electron chi connectivity index (χ3n) is 2.46. The Kier molecular flexibility index (Phi) is 3.19. The van der Waals surface area contributed by atoms with Crippen LogP contribution < -0.4 is 14.2 Å². The van der Waals surface area contributed by atoms with Crippen molar-refractivity contribution in [2.45, 2.75) is 19.4 Å². The topological polar surface area (TPSA) is 47.9 Å². The van der Waals surface area contributed by atoms with Crippen molar-refractivity contribution in [2.24, 2.45) is 0 Å². The average molecular weight is 224 g/mol. The highest BCUT2D eigenvalue weighted by molar-refractivity contribution is 5.51. The van der Waals surface area contributed by atoms with Crippen molar-refractivity contribution in [3.05, 3.63) is 17.7 Å². The Bertz CT molecular complexity index is 374. The number of fused-ring (bicyclic) bond motifs is 1. The van der Waals surface area contributed by atoms with Gasteiger partial charge in [0.15, 0.2) is 11.5 Å². The number of benzene rings is 1. The second-order valence-electron chi connectivity index (χ2n) is 3.86.